The van der Waals surface area contributed by atoms with Crippen LogP contribution in [-0.4, -0.2) is 89.1 Å². The van der Waals surface area contributed by atoms with Gasteiger partial charge < -0.3 is 25.0 Å². The number of hydrogen-bond donors (Lipinski definition) is 2. The van der Waals surface area contributed by atoms with Gasteiger partial charge in [0.1, 0.15) is 11.3 Å². The minimum atomic E-state index is -1.03. The van der Waals surface area contributed by atoms with E-state index in [4.69, 9.17) is 9.73 Å². The van der Waals surface area contributed by atoms with Gasteiger partial charge in [0.05, 0.1) is 11.0 Å². The number of aliphatic imine (C=N–C) groups is 1. The molecule has 1 saturated heterocycles. The first-order valence-corrected chi connectivity index (χ1v) is 12.8. The molecule has 204 valence electrons. The van der Waals surface area contributed by atoms with Crippen LogP contribution in [0.5, 0.6) is 0 Å². The first kappa shape index (κ1) is 27.5. The lowest BCUT2D eigenvalue weighted by Crippen LogP contribution is -2.43. The molecule has 3 atom stereocenters. The standard InChI is InChI=1S/C28H37N5O5/c1-26(2,3)38-25(37)33(6)11-10-32(5)9-7-8-18-12-22-27(4,30-16-18)31-24(36)28(22)14-19-13-20(23(34)35)17-29-21(19)15-28/h7-8,12-13,16-17,22H,9-11,14-15H2,1-6H3,(H,31,36)(H,34,35)/b8-7+/t22?,27?,28-/m0/s1. The molecule has 1 fully saturated rings. The molecule has 0 aromatic carbocycles. The first-order valence-electron chi connectivity index (χ1n) is 12.8. The van der Waals surface area contributed by atoms with E-state index in [0.717, 1.165) is 16.8 Å². The van der Waals surface area contributed by atoms with E-state index in [1.54, 1.807) is 24.2 Å². The summed E-state index contributed by atoms with van der Waals surface area (Å²) in [5.41, 5.74) is 0.593. The van der Waals surface area contributed by atoms with E-state index >= 15 is 0 Å². The molecule has 1 aliphatic carbocycles. The minimum absolute atomic E-state index is 0.0765. The smallest absolute Gasteiger partial charge is 0.410 e. The lowest BCUT2D eigenvalue weighted by atomic mass is 9.69. The highest BCUT2D eigenvalue weighted by Gasteiger charge is 2.62. The fourth-order valence-corrected chi connectivity index (χ4v) is 5.35. The molecule has 3 heterocycles. The number of carbonyl (C=O) groups excluding carboxylic acids is 2. The zero-order valence-electron chi connectivity index (χ0n) is 22.9. The van der Waals surface area contributed by atoms with Crippen molar-refractivity contribution in [1.82, 2.24) is 20.1 Å². The van der Waals surface area contributed by atoms with Crippen LogP contribution < -0.4 is 5.32 Å². The van der Waals surface area contributed by atoms with Crippen LogP contribution in [0, 0.1) is 11.3 Å². The van der Waals surface area contributed by atoms with Crippen molar-refractivity contribution in [3.05, 3.63) is 52.9 Å². The highest BCUT2D eigenvalue weighted by Crippen LogP contribution is 2.52. The molecule has 2 N–H and O–H groups in total. The second-order valence-electron chi connectivity index (χ2n) is 11.7. The number of rotatable bonds is 7. The normalized spacial score (nSPS) is 25.9. The number of likely N-dealkylation sites (N-methyl/N-ethyl adjacent to an activating group) is 2. The number of nitrogens with zero attached hydrogens (tertiary/aromatic N) is 4. The van der Waals surface area contributed by atoms with E-state index < -0.39 is 22.6 Å². The third-order valence-electron chi connectivity index (χ3n) is 7.41. The maximum Gasteiger partial charge on any atom is 0.410 e. The Morgan fingerprint density at radius 2 is 2.00 bits per heavy atom. The van der Waals surface area contributed by atoms with Gasteiger partial charge in [-0.1, -0.05) is 18.2 Å². The van der Waals surface area contributed by atoms with E-state index in [0.29, 0.717) is 32.5 Å². The van der Waals surface area contributed by atoms with Gasteiger partial charge in [-0.15, -0.1) is 0 Å². The molecular formula is C28H37N5O5. The van der Waals surface area contributed by atoms with Crippen molar-refractivity contribution in [1.29, 1.82) is 0 Å². The third kappa shape index (κ3) is 5.50. The molecule has 1 spiro atoms. The van der Waals surface area contributed by atoms with E-state index in [2.05, 4.69) is 21.3 Å². The van der Waals surface area contributed by atoms with Gasteiger partial charge in [-0.2, -0.15) is 0 Å². The van der Waals surface area contributed by atoms with E-state index in [1.165, 1.54) is 6.20 Å². The maximum atomic E-state index is 13.3. The Morgan fingerprint density at radius 1 is 1.26 bits per heavy atom. The number of nitrogens with one attached hydrogen (secondary N) is 1. The molecule has 0 bridgehead atoms. The number of carboxylic acids is 1. The molecular weight excluding hydrogens is 486 g/mol. The molecule has 10 nitrogen and oxygen atoms in total. The summed E-state index contributed by atoms with van der Waals surface area (Å²) in [6, 6.07) is 1.63. The number of dihydropyridines is 1. The number of ether oxygens (including phenoxy) is 1. The summed E-state index contributed by atoms with van der Waals surface area (Å²) in [5.74, 6) is -1.31. The average molecular weight is 524 g/mol. The molecule has 38 heavy (non-hydrogen) atoms. The zero-order chi connectivity index (χ0) is 27.9. The predicted octanol–water partition coefficient (Wildman–Crippen LogP) is 2.69. The number of pyridine rings is 1. The summed E-state index contributed by atoms with van der Waals surface area (Å²) in [5, 5.41) is 12.4. The fraction of sp³-hybridized carbons (Fsp3) is 0.536. The van der Waals surface area contributed by atoms with Crippen LogP contribution in [0.15, 0.2) is 41.1 Å². The highest BCUT2D eigenvalue weighted by atomic mass is 16.6. The van der Waals surface area contributed by atoms with Crippen LogP contribution in [0.3, 0.4) is 0 Å². The van der Waals surface area contributed by atoms with Crippen LogP contribution >= 0.6 is 0 Å². The summed E-state index contributed by atoms with van der Waals surface area (Å²) in [6.07, 6.45) is 9.81. The second kappa shape index (κ2) is 9.98. The van der Waals surface area contributed by atoms with E-state index in [1.807, 2.05) is 46.9 Å². The van der Waals surface area contributed by atoms with Gasteiger partial charge in [-0.25, -0.2) is 9.59 Å². The van der Waals surface area contributed by atoms with Crippen LogP contribution in [-0.2, 0) is 22.4 Å². The Labute approximate surface area is 223 Å². The second-order valence-corrected chi connectivity index (χ2v) is 11.7. The Morgan fingerprint density at radius 3 is 2.68 bits per heavy atom. The quantitative estimate of drug-likeness (QED) is 0.563. The summed E-state index contributed by atoms with van der Waals surface area (Å²) < 4.78 is 5.39. The topological polar surface area (TPSA) is 124 Å². The first-order chi connectivity index (χ1) is 17.7. The van der Waals surface area contributed by atoms with Gasteiger partial charge in [0.25, 0.3) is 0 Å². The van der Waals surface area contributed by atoms with Crippen molar-refractivity contribution in [3.63, 3.8) is 0 Å². The Kier molecular flexibility index (Phi) is 7.22. The largest absolute Gasteiger partial charge is 0.478 e. The maximum absolute atomic E-state index is 13.3. The number of aromatic carboxylic acids is 1. The number of hydrogen-bond acceptors (Lipinski definition) is 7. The minimum Gasteiger partial charge on any atom is -0.478 e. The summed E-state index contributed by atoms with van der Waals surface area (Å²) in [6.45, 7) is 9.35. The summed E-state index contributed by atoms with van der Waals surface area (Å²) >= 11 is 0. The zero-order valence-corrected chi connectivity index (χ0v) is 22.9. The van der Waals surface area contributed by atoms with Crippen molar-refractivity contribution < 1.29 is 24.2 Å². The Balaban J connectivity index is 1.40. The lowest BCUT2D eigenvalue weighted by Gasteiger charge is -2.34. The molecule has 0 radical (unpaired) electrons. The monoisotopic (exact) mass is 523 g/mol. The number of amides is 2. The number of fused-ring (bicyclic) bond motifs is 3. The van der Waals surface area contributed by atoms with Crippen LogP contribution in [0.25, 0.3) is 0 Å². The Hall–Kier alpha value is -3.53. The third-order valence-corrected chi connectivity index (χ3v) is 7.41. The van der Waals surface area contributed by atoms with Crippen molar-refractivity contribution >= 4 is 24.2 Å². The van der Waals surface area contributed by atoms with Crippen LogP contribution in [0.1, 0.15) is 49.3 Å². The molecule has 10 heteroatoms. The van der Waals surface area contributed by atoms with Crippen molar-refractivity contribution in [2.45, 2.75) is 51.8 Å². The Bertz CT molecular complexity index is 1230. The molecule has 1 aromatic heterocycles. The molecule has 2 unspecified atom stereocenters. The van der Waals surface area contributed by atoms with Gasteiger partial charge in [0, 0.05) is 57.1 Å². The number of allylic oxidation sites excluding steroid dienone is 2. The fourth-order valence-electron chi connectivity index (χ4n) is 5.35. The van der Waals surface area contributed by atoms with Gasteiger partial charge in [-0.3, -0.25) is 14.8 Å². The van der Waals surface area contributed by atoms with E-state index in [9.17, 15) is 19.5 Å². The van der Waals surface area contributed by atoms with Crippen LogP contribution in [0.4, 0.5) is 4.79 Å². The van der Waals surface area contributed by atoms with E-state index in [-0.39, 0.29) is 23.5 Å². The molecule has 1 aromatic rings. The SMILES string of the molecule is CN(C/C=C/C1=CC2C(C)(N=C1)NC(=O)[C@]21Cc2cc(C(=O)O)cnc2C1)CCN(C)C(=O)OC(C)(C)C. The average Bonchev–Trinajstić information content (AvgIpc) is 3.31. The predicted molar refractivity (Wildman–Crippen MR) is 143 cm³/mol. The molecule has 3 aliphatic rings. The summed E-state index contributed by atoms with van der Waals surface area (Å²) in [7, 11) is 3.71. The number of aromatic nitrogens is 1. The molecule has 2 amide bonds. The van der Waals surface area contributed by atoms with Crippen molar-refractivity contribution in [2.75, 3.05) is 33.7 Å². The molecule has 0 saturated carbocycles. The summed E-state index contributed by atoms with van der Waals surface area (Å²) in [4.78, 5) is 49.6. The van der Waals surface area contributed by atoms with Crippen LogP contribution in [0.2, 0.25) is 0 Å². The molecule has 4 rings (SSSR count). The van der Waals surface area contributed by atoms with Crippen molar-refractivity contribution in [2.24, 2.45) is 16.3 Å². The number of carbonyl (C=O) groups is 3. The number of carboxylic acid groups (broad SMARTS) is 1. The van der Waals surface area contributed by atoms with Gasteiger partial charge >= 0.3 is 12.1 Å². The van der Waals surface area contributed by atoms with Gasteiger partial charge in [0.15, 0.2) is 0 Å². The lowest BCUT2D eigenvalue weighted by molar-refractivity contribution is -0.128. The van der Waals surface area contributed by atoms with Gasteiger partial charge in [-0.05, 0) is 58.4 Å². The van der Waals surface area contributed by atoms with Crippen molar-refractivity contribution in [3.8, 4) is 0 Å². The van der Waals surface area contributed by atoms with Gasteiger partial charge in [0.2, 0.25) is 5.91 Å². The highest BCUT2D eigenvalue weighted by molar-refractivity contribution is 5.92. The molecule has 2 aliphatic heterocycles.